The van der Waals surface area contributed by atoms with E-state index in [1.54, 1.807) is 6.92 Å². The number of halogens is 2. The van der Waals surface area contributed by atoms with E-state index in [0.29, 0.717) is 6.61 Å². The van der Waals surface area contributed by atoms with Crippen molar-refractivity contribution in [2.45, 2.75) is 13.3 Å². The van der Waals surface area contributed by atoms with Crippen molar-refractivity contribution in [1.29, 1.82) is 5.41 Å². The van der Waals surface area contributed by atoms with Crippen LogP contribution >= 0.6 is 0 Å². The molecule has 4 heteroatoms. The zero-order valence-corrected chi connectivity index (χ0v) is 7.81. The molecule has 0 fully saturated rings. The molecule has 1 N–H and O–H groups in total. The summed E-state index contributed by atoms with van der Waals surface area (Å²) in [6.07, 6.45) is -0.0164. The molecular formula is C10H11F2NO. The number of benzene rings is 1. The molecule has 0 atom stereocenters. The minimum absolute atomic E-state index is 0.0164. The fourth-order valence-corrected chi connectivity index (χ4v) is 1.08. The molecule has 0 saturated heterocycles. The first kappa shape index (κ1) is 10.6. The highest BCUT2D eigenvalue weighted by atomic mass is 19.1. The van der Waals surface area contributed by atoms with Gasteiger partial charge in [-0.15, -0.1) is 0 Å². The van der Waals surface area contributed by atoms with Crippen LogP contribution in [0.15, 0.2) is 18.2 Å². The van der Waals surface area contributed by atoms with Crippen LogP contribution in [0, 0.1) is 17.0 Å². The van der Waals surface area contributed by atoms with Gasteiger partial charge >= 0.3 is 0 Å². The van der Waals surface area contributed by atoms with Gasteiger partial charge in [0.05, 0.1) is 13.0 Å². The molecule has 2 nitrogen and oxygen atoms in total. The summed E-state index contributed by atoms with van der Waals surface area (Å²) < 4.78 is 30.6. The average molecular weight is 199 g/mol. The molecule has 0 unspecified atom stereocenters. The SMILES string of the molecule is CCOC(=N)Cc1cc(F)ccc1F. The van der Waals surface area contributed by atoms with Crippen LogP contribution in [0.2, 0.25) is 0 Å². The zero-order valence-electron chi connectivity index (χ0n) is 7.81. The summed E-state index contributed by atoms with van der Waals surface area (Å²) in [7, 11) is 0. The molecule has 0 saturated carbocycles. The largest absolute Gasteiger partial charge is 0.481 e. The van der Waals surface area contributed by atoms with Gasteiger partial charge in [-0.05, 0) is 30.7 Å². The first-order valence-electron chi connectivity index (χ1n) is 4.27. The highest BCUT2D eigenvalue weighted by Crippen LogP contribution is 2.10. The maximum absolute atomic E-state index is 13.1. The van der Waals surface area contributed by atoms with Gasteiger partial charge in [-0.25, -0.2) is 8.78 Å². The van der Waals surface area contributed by atoms with Crippen molar-refractivity contribution in [3.05, 3.63) is 35.4 Å². The van der Waals surface area contributed by atoms with E-state index in [9.17, 15) is 8.78 Å². The normalized spacial score (nSPS) is 9.93. The highest BCUT2D eigenvalue weighted by molar-refractivity contribution is 5.75. The lowest BCUT2D eigenvalue weighted by Gasteiger charge is -2.05. The molecule has 0 aliphatic rings. The second-order valence-corrected chi connectivity index (χ2v) is 2.77. The van der Waals surface area contributed by atoms with E-state index >= 15 is 0 Å². The van der Waals surface area contributed by atoms with Gasteiger partial charge in [0.25, 0.3) is 0 Å². The molecule has 0 amide bonds. The first-order valence-corrected chi connectivity index (χ1v) is 4.27. The second kappa shape index (κ2) is 4.69. The Morgan fingerprint density at radius 2 is 2.14 bits per heavy atom. The van der Waals surface area contributed by atoms with Gasteiger partial charge in [0.1, 0.15) is 11.6 Å². The summed E-state index contributed by atoms with van der Waals surface area (Å²) >= 11 is 0. The Morgan fingerprint density at radius 3 is 2.79 bits per heavy atom. The predicted octanol–water partition coefficient (Wildman–Crippen LogP) is 2.52. The quantitative estimate of drug-likeness (QED) is 0.589. The van der Waals surface area contributed by atoms with E-state index < -0.39 is 11.6 Å². The number of nitrogens with one attached hydrogen (secondary N) is 1. The van der Waals surface area contributed by atoms with E-state index in [2.05, 4.69) is 0 Å². The Bertz CT molecular complexity index is 339. The monoisotopic (exact) mass is 199 g/mol. The summed E-state index contributed by atoms with van der Waals surface area (Å²) in [5, 5.41) is 7.28. The summed E-state index contributed by atoms with van der Waals surface area (Å²) in [4.78, 5) is 0. The van der Waals surface area contributed by atoms with Gasteiger partial charge < -0.3 is 4.74 Å². The Labute approximate surface area is 81.0 Å². The Hall–Kier alpha value is -1.45. The van der Waals surface area contributed by atoms with Crippen molar-refractivity contribution in [3.8, 4) is 0 Å². The molecule has 0 heterocycles. The average Bonchev–Trinajstić information content (AvgIpc) is 2.12. The van der Waals surface area contributed by atoms with Crippen LogP contribution in [0.25, 0.3) is 0 Å². The first-order chi connectivity index (χ1) is 6.63. The molecule has 1 aromatic carbocycles. The van der Waals surface area contributed by atoms with Crippen LogP contribution in [0.3, 0.4) is 0 Å². The molecular weight excluding hydrogens is 188 g/mol. The third kappa shape index (κ3) is 2.80. The fraction of sp³-hybridized carbons (Fsp3) is 0.300. The molecule has 0 aliphatic carbocycles. The molecule has 0 aliphatic heterocycles. The predicted molar refractivity (Wildman–Crippen MR) is 49.4 cm³/mol. The van der Waals surface area contributed by atoms with Crippen molar-refractivity contribution >= 4 is 5.90 Å². The Kier molecular flexibility index (Phi) is 3.56. The third-order valence-corrected chi connectivity index (χ3v) is 1.68. The lowest BCUT2D eigenvalue weighted by atomic mass is 10.1. The molecule has 1 aromatic rings. The summed E-state index contributed by atoms with van der Waals surface area (Å²) in [5.74, 6) is -1.08. The lowest BCUT2D eigenvalue weighted by Crippen LogP contribution is -2.08. The van der Waals surface area contributed by atoms with Crippen LogP contribution in [0.1, 0.15) is 12.5 Å². The van der Waals surface area contributed by atoms with Crippen molar-refractivity contribution in [1.82, 2.24) is 0 Å². The van der Waals surface area contributed by atoms with Crippen molar-refractivity contribution < 1.29 is 13.5 Å². The van der Waals surface area contributed by atoms with Crippen molar-refractivity contribution in [3.63, 3.8) is 0 Å². The third-order valence-electron chi connectivity index (χ3n) is 1.68. The molecule has 76 valence electrons. The van der Waals surface area contributed by atoms with Gasteiger partial charge in [0, 0.05) is 0 Å². The van der Waals surface area contributed by atoms with E-state index in [1.807, 2.05) is 0 Å². The van der Waals surface area contributed by atoms with Crippen LogP contribution in [-0.2, 0) is 11.2 Å². The Balaban J connectivity index is 2.75. The van der Waals surface area contributed by atoms with Gasteiger partial charge in [-0.1, -0.05) is 0 Å². The highest BCUT2D eigenvalue weighted by Gasteiger charge is 2.07. The molecule has 0 radical (unpaired) electrons. The van der Waals surface area contributed by atoms with Gasteiger partial charge in [-0.2, -0.15) is 0 Å². The zero-order chi connectivity index (χ0) is 10.6. The maximum Gasteiger partial charge on any atom is 0.184 e. The minimum Gasteiger partial charge on any atom is -0.481 e. The van der Waals surface area contributed by atoms with E-state index in [4.69, 9.17) is 10.1 Å². The Morgan fingerprint density at radius 1 is 1.43 bits per heavy atom. The number of hydrogen-bond donors (Lipinski definition) is 1. The molecule has 0 aromatic heterocycles. The maximum atomic E-state index is 13.1. The second-order valence-electron chi connectivity index (χ2n) is 2.77. The number of rotatable bonds is 3. The van der Waals surface area contributed by atoms with Gasteiger partial charge in [-0.3, -0.25) is 5.41 Å². The minimum atomic E-state index is -0.518. The van der Waals surface area contributed by atoms with E-state index in [0.717, 1.165) is 18.2 Å². The van der Waals surface area contributed by atoms with Crippen LogP contribution < -0.4 is 0 Å². The van der Waals surface area contributed by atoms with Crippen LogP contribution in [0.5, 0.6) is 0 Å². The topological polar surface area (TPSA) is 33.1 Å². The standard InChI is InChI=1S/C10H11F2NO/c1-2-14-10(13)6-7-5-8(11)3-4-9(7)12/h3-5,13H,2,6H2,1H3. The smallest absolute Gasteiger partial charge is 0.184 e. The van der Waals surface area contributed by atoms with E-state index in [-0.39, 0.29) is 17.9 Å². The van der Waals surface area contributed by atoms with Gasteiger partial charge in [0.15, 0.2) is 5.90 Å². The van der Waals surface area contributed by atoms with Crippen molar-refractivity contribution in [2.75, 3.05) is 6.61 Å². The molecule has 0 spiro atoms. The summed E-state index contributed by atoms with van der Waals surface area (Å²) in [6, 6.07) is 3.16. The lowest BCUT2D eigenvalue weighted by molar-refractivity contribution is 0.316. The fourth-order valence-electron chi connectivity index (χ4n) is 1.08. The number of hydrogen-bond acceptors (Lipinski definition) is 2. The molecule has 0 bridgehead atoms. The molecule has 14 heavy (non-hydrogen) atoms. The van der Waals surface area contributed by atoms with Gasteiger partial charge in [0.2, 0.25) is 0 Å². The summed E-state index contributed by atoms with van der Waals surface area (Å²) in [5.41, 5.74) is 0.142. The summed E-state index contributed by atoms with van der Waals surface area (Å²) in [6.45, 7) is 2.09. The van der Waals surface area contributed by atoms with Crippen molar-refractivity contribution in [2.24, 2.45) is 0 Å². The van der Waals surface area contributed by atoms with E-state index in [1.165, 1.54) is 0 Å². The molecule has 1 rings (SSSR count). The van der Waals surface area contributed by atoms with Crippen LogP contribution in [-0.4, -0.2) is 12.5 Å². The number of ether oxygens (including phenoxy) is 1. The van der Waals surface area contributed by atoms with Crippen LogP contribution in [0.4, 0.5) is 8.78 Å².